The van der Waals surface area contributed by atoms with E-state index in [4.69, 9.17) is 28.5 Å². The maximum Gasteiger partial charge on any atom is 0.192 e. The number of aryl methyl sites for hydroxylation is 1. The summed E-state index contributed by atoms with van der Waals surface area (Å²) in [6, 6.07) is 14.3. The molecular weight excluding hydrogens is 493 g/mol. The van der Waals surface area contributed by atoms with Gasteiger partial charge < -0.3 is 4.57 Å². The first-order valence-corrected chi connectivity index (χ1v) is 13.4. The zero-order chi connectivity index (χ0) is 24.7. The minimum atomic E-state index is -3.63. The molecule has 0 saturated heterocycles. The molecule has 0 amide bonds. The quantitative estimate of drug-likeness (QED) is 0.486. The third kappa shape index (κ3) is 4.76. The van der Waals surface area contributed by atoms with Crippen molar-refractivity contribution in [2.75, 3.05) is 6.26 Å². The number of hydrogen-bond acceptors (Lipinski definition) is 5. The number of ketones is 1. The molecule has 1 aliphatic rings. The maximum atomic E-state index is 14.1. The van der Waals surface area contributed by atoms with E-state index >= 15 is 0 Å². The molecule has 0 spiro atoms. The average molecular weight is 516 g/mol. The van der Waals surface area contributed by atoms with Crippen molar-refractivity contribution >= 4 is 38.8 Å². The van der Waals surface area contributed by atoms with E-state index < -0.39 is 15.4 Å². The number of nitrogens with zero attached hydrogens (tertiary/aromatic N) is 3. The number of fused-ring (bicyclic) bond motifs is 1. The number of benzene rings is 2. The topological polar surface area (TPSA) is 92.8 Å². The molecule has 2 heterocycles. The molecule has 0 radical (unpaired) electrons. The molecule has 2 atom stereocenters. The lowest BCUT2D eigenvalue weighted by Crippen LogP contribution is -2.45. The van der Waals surface area contributed by atoms with Gasteiger partial charge in [0.1, 0.15) is 11.4 Å². The monoisotopic (exact) mass is 515 g/mol. The van der Waals surface area contributed by atoms with Crippen LogP contribution in [0.5, 0.6) is 0 Å². The zero-order valence-electron chi connectivity index (χ0n) is 18.8. The maximum absolute atomic E-state index is 14.1. The van der Waals surface area contributed by atoms with Crippen LogP contribution in [0, 0.1) is 17.2 Å². The Balaban J connectivity index is 1.81. The molecule has 3 aromatic rings. The molecule has 6 nitrogen and oxygen atoms in total. The molecule has 0 aliphatic carbocycles. The van der Waals surface area contributed by atoms with Crippen LogP contribution in [0.25, 0.3) is 0 Å². The van der Waals surface area contributed by atoms with Crippen molar-refractivity contribution < 1.29 is 13.2 Å². The fourth-order valence-corrected chi connectivity index (χ4v) is 6.25. The van der Waals surface area contributed by atoms with Gasteiger partial charge in [0.15, 0.2) is 20.6 Å². The van der Waals surface area contributed by atoms with E-state index in [0.717, 1.165) is 17.4 Å². The molecule has 9 heteroatoms. The number of Topliss-reactive ketones (excluding diaryl/α,β-unsaturated/α-hetero) is 1. The van der Waals surface area contributed by atoms with Crippen LogP contribution in [0.4, 0.5) is 0 Å². The third-order valence-electron chi connectivity index (χ3n) is 6.33. The normalized spacial score (nSPS) is 20.4. The van der Waals surface area contributed by atoms with Crippen molar-refractivity contribution in [2.45, 2.75) is 43.2 Å². The first kappa shape index (κ1) is 24.5. The molecule has 176 valence electrons. The van der Waals surface area contributed by atoms with Crippen molar-refractivity contribution in [1.82, 2.24) is 9.55 Å². The lowest BCUT2D eigenvalue weighted by molar-refractivity contribution is -0.131. The number of nitriles is 1. The van der Waals surface area contributed by atoms with E-state index in [-0.39, 0.29) is 23.1 Å². The molecule has 0 saturated carbocycles. The van der Waals surface area contributed by atoms with Gasteiger partial charge in [0.05, 0.1) is 17.8 Å². The van der Waals surface area contributed by atoms with E-state index in [0.29, 0.717) is 40.7 Å². The smallest absolute Gasteiger partial charge is 0.192 e. The van der Waals surface area contributed by atoms with E-state index in [2.05, 4.69) is 11.1 Å². The zero-order valence-corrected chi connectivity index (χ0v) is 21.1. The van der Waals surface area contributed by atoms with Crippen molar-refractivity contribution in [3.63, 3.8) is 0 Å². The second-order valence-corrected chi connectivity index (χ2v) is 11.8. The third-order valence-corrected chi connectivity index (χ3v) is 7.81. The summed E-state index contributed by atoms with van der Waals surface area (Å²) in [4.78, 5) is 18.5. The predicted octanol–water partition coefficient (Wildman–Crippen LogP) is 4.80. The molecular formula is C25H23Cl2N3O3S. The Kier molecular flexibility index (Phi) is 6.61. The Hall–Kier alpha value is -2.66. The molecule has 34 heavy (non-hydrogen) atoms. The number of sulfone groups is 1. The lowest BCUT2D eigenvalue weighted by Gasteiger charge is -2.33. The molecule has 4 rings (SSSR count). The largest absolute Gasteiger partial charge is 0.306 e. The standard InChI is InChI=1S/C25H23Cl2N3O3S/c1-25(13-16-3-5-17(14-28)6-4-16)24(31)19(9-18-10-20(26)12-21(27)11-18)7-8-22-29-15-23(30(22)25)34(2,32)33/h3-6,10-12,15,19H,7-9,13H2,1-2H3/t19?,25-/m1/s1. The fourth-order valence-electron chi connectivity index (χ4n) is 4.79. The second kappa shape index (κ2) is 9.18. The first-order chi connectivity index (χ1) is 16.0. The highest BCUT2D eigenvalue weighted by molar-refractivity contribution is 7.90. The minimum absolute atomic E-state index is 0.0263. The first-order valence-electron chi connectivity index (χ1n) is 10.8. The van der Waals surface area contributed by atoms with Crippen molar-refractivity contribution in [2.24, 2.45) is 5.92 Å². The van der Waals surface area contributed by atoms with Gasteiger partial charge >= 0.3 is 0 Å². The van der Waals surface area contributed by atoms with Crippen LogP contribution in [0.15, 0.2) is 53.7 Å². The van der Waals surface area contributed by atoms with Crippen LogP contribution in [-0.2, 0) is 39.4 Å². The molecule has 1 aliphatic heterocycles. The molecule has 2 aromatic carbocycles. The number of carbonyl (C=O) groups is 1. The highest BCUT2D eigenvalue weighted by Crippen LogP contribution is 2.37. The van der Waals surface area contributed by atoms with Crippen molar-refractivity contribution in [3.8, 4) is 6.07 Å². The summed E-state index contributed by atoms with van der Waals surface area (Å²) in [6.45, 7) is 1.77. The summed E-state index contributed by atoms with van der Waals surface area (Å²) < 4.78 is 26.8. The van der Waals surface area contributed by atoms with Gasteiger partial charge in [0, 0.05) is 35.1 Å². The Morgan fingerprint density at radius 2 is 1.79 bits per heavy atom. The molecule has 1 unspecified atom stereocenters. The van der Waals surface area contributed by atoms with Gasteiger partial charge in [0.2, 0.25) is 0 Å². The summed E-state index contributed by atoms with van der Waals surface area (Å²) >= 11 is 12.4. The van der Waals surface area contributed by atoms with Crippen LogP contribution in [-0.4, -0.2) is 30.0 Å². The Bertz CT molecular complexity index is 1390. The Labute approximate surface area is 209 Å². The van der Waals surface area contributed by atoms with Crippen LogP contribution in [0.1, 0.15) is 35.9 Å². The van der Waals surface area contributed by atoms with Gasteiger partial charge in [-0.05, 0) is 61.2 Å². The SMILES string of the molecule is C[C@@]1(Cc2ccc(C#N)cc2)C(=O)C(Cc2cc(Cl)cc(Cl)c2)CCc2ncc(S(C)(=O)=O)n21. The van der Waals surface area contributed by atoms with Gasteiger partial charge in [-0.15, -0.1) is 0 Å². The Morgan fingerprint density at radius 1 is 1.15 bits per heavy atom. The summed E-state index contributed by atoms with van der Waals surface area (Å²) in [6.07, 6.45) is 4.14. The highest BCUT2D eigenvalue weighted by atomic mass is 35.5. The number of halogens is 2. The van der Waals surface area contributed by atoms with Crippen molar-refractivity contribution in [1.29, 1.82) is 5.26 Å². The van der Waals surface area contributed by atoms with Gasteiger partial charge in [-0.25, -0.2) is 13.4 Å². The number of carbonyl (C=O) groups excluding carboxylic acids is 1. The molecule has 0 N–H and O–H groups in total. The van der Waals surface area contributed by atoms with Crippen molar-refractivity contribution in [3.05, 3.63) is 81.2 Å². The van der Waals surface area contributed by atoms with E-state index in [9.17, 15) is 13.2 Å². The number of hydrogen-bond donors (Lipinski definition) is 0. The summed E-state index contributed by atoms with van der Waals surface area (Å²) in [5.74, 6) is 0.109. The number of aromatic nitrogens is 2. The van der Waals surface area contributed by atoms with Crippen LogP contribution >= 0.6 is 23.2 Å². The number of rotatable bonds is 5. The molecule has 0 bridgehead atoms. The summed E-state index contributed by atoms with van der Waals surface area (Å²) in [7, 11) is -3.63. The minimum Gasteiger partial charge on any atom is -0.306 e. The summed E-state index contributed by atoms with van der Waals surface area (Å²) in [5.41, 5.74) is 0.985. The van der Waals surface area contributed by atoms with Gasteiger partial charge in [-0.1, -0.05) is 35.3 Å². The fraction of sp³-hybridized carbons (Fsp3) is 0.320. The highest BCUT2D eigenvalue weighted by Gasteiger charge is 2.45. The predicted molar refractivity (Wildman–Crippen MR) is 131 cm³/mol. The average Bonchev–Trinajstić information content (AvgIpc) is 3.18. The van der Waals surface area contributed by atoms with Crippen LogP contribution in [0.2, 0.25) is 10.0 Å². The summed E-state index contributed by atoms with van der Waals surface area (Å²) in [5, 5.41) is 10.1. The van der Waals surface area contributed by atoms with Gasteiger partial charge in [-0.3, -0.25) is 4.79 Å². The van der Waals surface area contributed by atoms with E-state index in [1.807, 2.05) is 0 Å². The second-order valence-electron chi connectivity index (χ2n) is 8.96. The van der Waals surface area contributed by atoms with Crippen LogP contribution in [0.3, 0.4) is 0 Å². The van der Waals surface area contributed by atoms with Gasteiger partial charge in [0.25, 0.3) is 0 Å². The lowest BCUT2D eigenvalue weighted by atomic mass is 9.79. The van der Waals surface area contributed by atoms with Gasteiger partial charge in [-0.2, -0.15) is 5.26 Å². The molecule has 0 fully saturated rings. The number of imidazole rings is 1. The van der Waals surface area contributed by atoms with E-state index in [1.165, 1.54) is 6.20 Å². The molecule has 1 aromatic heterocycles. The van der Waals surface area contributed by atoms with E-state index in [1.54, 1.807) is 54.0 Å². The van der Waals surface area contributed by atoms with Crippen LogP contribution < -0.4 is 0 Å². The Morgan fingerprint density at radius 3 is 2.38 bits per heavy atom.